The van der Waals surface area contributed by atoms with Crippen LogP contribution in [0.25, 0.3) is 0 Å². The van der Waals surface area contributed by atoms with Crippen LogP contribution in [-0.4, -0.2) is 24.4 Å². The Morgan fingerprint density at radius 3 is 2.57 bits per heavy atom. The van der Waals surface area contributed by atoms with E-state index in [9.17, 15) is 0 Å². The molecule has 2 aliphatic rings. The maximum Gasteiger partial charge on any atom is 0.119 e. The topological polar surface area (TPSA) is 30.5 Å². The van der Waals surface area contributed by atoms with E-state index in [0.29, 0.717) is 6.04 Å². The van der Waals surface area contributed by atoms with Crippen LogP contribution in [0.2, 0.25) is 0 Å². The highest BCUT2D eigenvalue weighted by molar-refractivity contribution is 5.47. The lowest BCUT2D eigenvalue weighted by Crippen LogP contribution is -2.42. The van der Waals surface area contributed by atoms with E-state index >= 15 is 0 Å². The first-order chi connectivity index (χ1) is 10.2. The fraction of sp³-hybridized carbons (Fsp3) is 0.667. The average molecular weight is 289 g/mol. The summed E-state index contributed by atoms with van der Waals surface area (Å²) in [6.07, 6.45) is 7.62. The summed E-state index contributed by atoms with van der Waals surface area (Å²) in [5.74, 6) is 0.940. The van der Waals surface area contributed by atoms with Gasteiger partial charge in [-0.3, -0.25) is 0 Å². The molecular formula is C18H27NO2. The van der Waals surface area contributed by atoms with Gasteiger partial charge in [0.25, 0.3) is 0 Å². The monoisotopic (exact) mass is 289 g/mol. The maximum atomic E-state index is 6.10. The normalized spacial score (nSPS) is 24.4. The Kier molecular flexibility index (Phi) is 4.39. The minimum Gasteiger partial charge on any atom is -0.491 e. The number of hydrogen-bond donors (Lipinski definition) is 1. The van der Waals surface area contributed by atoms with E-state index in [-0.39, 0.29) is 11.7 Å². The molecule has 3 rings (SSSR count). The van der Waals surface area contributed by atoms with Gasteiger partial charge in [0, 0.05) is 18.3 Å². The van der Waals surface area contributed by atoms with Crippen LogP contribution in [0.3, 0.4) is 0 Å². The van der Waals surface area contributed by atoms with Crippen LogP contribution in [0.1, 0.15) is 52.4 Å². The third-order valence-corrected chi connectivity index (χ3v) is 4.60. The summed E-state index contributed by atoms with van der Waals surface area (Å²) in [7, 11) is 0. The van der Waals surface area contributed by atoms with Gasteiger partial charge in [0.1, 0.15) is 5.75 Å². The van der Waals surface area contributed by atoms with Gasteiger partial charge in [-0.1, -0.05) is 12.8 Å². The second-order valence-corrected chi connectivity index (χ2v) is 6.76. The average Bonchev–Trinajstić information content (AvgIpc) is 2.88. The first kappa shape index (κ1) is 14.7. The quantitative estimate of drug-likeness (QED) is 0.892. The zero-order valence-corrected chi connectivity index (χ0v) is 13.2. The number of anilines is 1. The molecule has 0 radical (unpaired) electrons. The molecule has 1 N–H and O–H groups in total. The Labute approximate surface area is 128 Å². The third kappa shape index (κ3) is 3.70. The molecular weight excluding hydrogens is 262 g/mol. The molecule has 1 aromatic carbocycles. The van der Waals surface area contributed by atoms with Crippen LogP contribution in [0.4, 0.5) is 5.69 Å². The van der Waals surface area contributed by atoms with Crippen LogP contribution >= 0.6 is 0 Å². The summed E-state index contributed by atoms with van der Waals surface area (Å²) in [5.41, 5.74) is 1.36. The summed E-state index contributed by atoms with van der Waals surface area (Å²) in [6, 6.07) is 8.87. The van der Waals surface area contributed by atoms with Crippen molar-refractivity contribution in [1.82, 2.24) is 0 Å². The van der Waals surface area contributed by atoms with Crippen LogP contribution in [-0.2, 0) is 4.74 Å². The van der Waals surface area contributed by atoms with Gasteiger partial charge in [-0.2, -0.15) is 0 Å². The molecule has 1 spiro atoms. The van der Waals surface area contributed by atoms with E-state index in [0.717, 1.165) is 25.2 Å². The van der Waals surface area contributed by atoms with E-state index in [1.165, 1.54) is 31.4 Å². The Balaban J connectivity index is 1.58. The first-order valence-electron chi connectivity index (χ1n) is 8.32. The second kappa shape index (κ2) is 6.27. The standard InChI is InChI=1S/C18H27NO2/c1-14(2)21-17-7-5-15(6-8-17)19-16-9-12-20-18(13-16)10-3-4-11-18/h5-8,14,16,19H,3-4,9-13H2,1-2H3. The van der Waals surface area contributed by atoms with Crippen molar-refractivity contribution in [1.29, 1.82) is 0 Å². The zero-order chi connectivity index (χ0) is 14.7. The van der Waals surface area contributed by atoms with Crippen LogP contribution < -0.4 is 10.1 Å². The van der Waals surface area contributed by atoms with Crippen LogP contribution in [0.15, 0.2) is 24.3 Å². The Hall–Kier alpha value is -1.22. The first-order valence-corrected chi connectivity index (χ1v) is 8.32. The predicted octanol–water partition coefficient (Wildman–Crippen LogP) is 4.38. The fourth-order valence-corrected chi connectivity index (χ4v) is 3.66. The van der Waals surface area contributed by atoms with Gasteiger partial charge in [0.2, 0.25) is 0 Å². The highest BCUT2D eigenvalue weighted by Crippen LogP contribution is 2.40. The van der Waals surface area contributed by atoms with Crippen LogP contribution in [0.5, 0.6) is 5.75 Å². The van der Waals surface area contributed by atoms with Gasteiger partial charge in [-0.05, 0) is 63.8 Å². The molecule has 0 amide bonds. The maximum absolute atomic E-state index is 6.10. The van der Waals surface area contributed by atoms with E-state index in [2.05, 4.69) is 31.3 Å². The highest BCUT2D eigenvalue weighted by atomic mass is 16.5. The second-order valence-electron chi connectivity index (χ2n) is 6.76. The molecule has 1 aliphatic heterocycles. The Bertz CT molecular complexity index is 449. The molecule has 0 aromatic heterocycles. The Morgan fingerprint density at radius 1 is 1.19 bits per heavy atom. The van der Waals surface area contributed by atoms with Crippen molar-refractivity contribution in [3.63, 3.8) is 0 Å². The number of nitrogens with one attached hydrogen (secondary N) is 1. The van der Waals surface area contributed by atoms with E-state index in [1.54, 1.807) is 0 Å². The molecule has 1 saturated carbocycles. The molecule has 1 atom stereocenters. The summed E-state index contributed by atoms with van der Waals surface area (Å²) in [4.78, 5) is 0. The molecule has 1 heterocycles. The minimum absolute atomic E-state index is 0.177. The van der Waals surface area contributed by atoms with Crippen molar-refractivity contribution in [3.05, 3.63) is 24.3 Å². The van der Waals surface area contributed by atoms with Crippen molar-refractivity contribution in [3.8, 4) is 5.75 Å². The molecule has 1 saturated heterocycles. The van der Waals surface area contributed by atoms with Crippen molar-refractivity contribution in [2.75, 3.05) is 11.9 Å². The van der Waals surface area contributed by atoms with Gasteiger partial charge >= 0.3 is 0 Å². The van der Waals surface area contributed by atoms with Crippen molar-refractivity contribution >= 4 is 5.69 Å². The fourth-order valence-electron chi connectivity index (χ4n) is 3.66. The molecule has 1 aromatic rings. The number of rotatable bonds is 4. The Morgan fingerprint density at radius 2 is 1.90 bits per heavy atom. The zero-order valence-electron chi connectivity index (χ0n) is 13.2. The summed E-state index contributed by atoms with van der Waals surface area (Å²) in [5, 5.41) is 3.68. The van der Waals surface area contributed by atoms with E-state index in [4.69, 9.17) is 9.47 Å². The van der Waals surface area contributed by atoms with Gasteiger partial charge in [-0.15, -0.1) is 0 Å². The van der Waals surface area contributed by atoms with Gasteiger partial charge in [0.15, 0.2) is 0 Å². The predicted molar refractivity (Wildman–Crippen MR) is 86.0 cm³/mol. The van der Waals surface area contributed by atoms with Crippen molar-refractivity contribution < 1.29 is 9.47 Å². The number of benzene rings is 1. The SMILES string of the molecule is CC(C)Oc1ccc(NC2CCOC3(CCCC3)C2)cc1. The highest BCUT2D eigenvalue weighted by Gasteiger charge is 2.39. The molecule has 2 fully saturated rings. The lowest BCUT2D eigenvalue weighted by molar-refractivity contribution is -0.0767. The lowest BCUT2D eigenvalue weighted by Gasteiger charge is -2.39. The molecule has 1 unspecified atom stereocenters. The molecule has 0 bridgehead atoms. The lowest BCUT2D eigenvalue weighted by atomic mass is 9.89. The summed E-state index contributed by atoms with van der Waals surface area (Å²) >= 11 is 0. The minimum atomic E-state index is 0.177. The van der Waals surface area contributed by atoms with Gasteiger partial charge in [-0.25, -0.2) is 0 Å². The van der Waals surface area contributed by atoms with E-state index in [1.807, 2.05) is 12.1 Å². The molecule has 1 aliphatic carbocycles. The number of ether oxygens (including phenoxy) is 2. The molecule has 3 nitrogen and oxygen atoms in total. The smallest absolute Gasteiger partial charge is 0.119 e. The number of hydrogen-bond acceptors (Lipinski definition) is 3. The molecule has 3 heteroatoms. The largest absolute Gasteiger partial charge is 0.491 e. The van der Waals surface area contributed by atoms with Gasteiger partial charge < -0.3 is 14.8 Å². The van der Waals surface area contributed by atoms with E-state index < -0.39 is 0 Å². The molecule has 116 valence electrons. The van der Waals surface area contributed by atoms with Crippen molar-refractivity contribution in [2.24, 2.45) is 0 Å². The summed E-state index contributed by atoms with van der Waals surface area (Å²) in [6.45, 7) is 5.00. The third-order valence-electron chi connectivity index (χ3n) is 4.60. The summed E-state index contributed by atoms with van der Waals surface area (Å²) < 4.78 is 11.8. The van der Waals surface area contributed by atoms with Crippen molar-refractivity contribution in [2.45, 2.75) is 70.1 Å². The van der Waals surface area contributed by atoms with Gasteiger partial charge in [0.05, 0.1) is 11.7 Å². The molecule has 21 heavy (non-hydrogen) atoms. The van der Waals surface area contributed by atoms with Crippen LogP contribution in [0, 0.1) is 0 Å².